The first kappa shape index (κ1) is 11.0. The maximum absolute atomic E-state index is 3.62. The predicted molar refractivity (Wildman–Crippen MR) is 54.5 cm³/mol. The van der Waals surface area contributed by atoms with E-state index in [9.17, 15) is 0 Å². The van der Waals surface area contributed by atoms with Crippen LogP contribution in [0.3, 0.4) is 0 Å². The maximum Gasteiger partial charge on any atom is 0.0529 e. The lowest BCUT2D eigenvalue weighted by molar-refractivity contribution is 0.726. The van der Waals surface area contributed by atoms with Crippen molar-refractivity contribution in [1.82, 2.24) is 10.9 Å². The molecule has 1 aliphatic heterocycles. The molecule has 0 spiro atoms. The lowest BCUT2D eigenvalue weighted by atomic mass is 10.2. The third kappa shape index (κ3) is 2.93. The average Bonchev–Trinajstić information content (AvgIpc) is 2.56. The standard InChI is InChI=1S/C8H12N2.C2H6/c1-3-5-8-7(4-2)6-9-10-8;1-2/h3-5,9-10H,1,6H2,2H3;1-2H3/b7-4-,8-5+;. The van der Waals surface area contributed by atoms with Crippen molar-refractivity contribution in [3.05, 3.63) is 36.1 Å². The van der Waals surface area contributed by atoms with Crippen molar-refractivity contribution in [3.63, 3.8) is 0 Å². The van der Waals surface area contributed by atoms with Crippen molar-refractivity contribution in [3.8, 4) is 0 Å². The van der Waals surface area contributed by atoms with Crippen LogP contribution in [0.2, 0.25) is 0 Å². The topological polar surface area (TPSA) is 24.1 Å². The molecule has 1 aliphatic rings. The number of rotatable bonds is 1. The van der Waals surface area contributed by atoms with Gasteiger partial charge in [-0.3, -0.25) is 0 Å². The van der Waals surface area contributed by atoms with E-state index in [-0.39, 0.29) is 0 Å². The molecule has 0 atom stereocenters. The minimum absolute atomic E-state index is 0.899. The maximum atomic E-state index is 3.62. The first-order valence-corrected chi connectivity index (χ1v) is 4.35. The van der Waals surface area contributed by atoms with Gasteiger partial charge < -0.3 is 5.43 Å². The third-order valence-corrected chi connectivity index (χ3v) is 1.48. The monoisotopic (exact) mass is 166 g/mol. The van der Waals surface area contributed by atoms with Gasteiger partial charge in [0.15, 0.2) is 0 Å². The zero-order valence-electron chi connectivity index (χ0n) is 8.15. The summed E-state index contributed by atoms with van der Waals surface area (Å²) in [4.78, 5) is 0. The molecular weight excluding hydrogens is 148 g/mol. The van der Waals surface area contributed by atoms with Crippen LogP contribution < -0.4 is 10.9 Å². The Hall–Kier alpha value is -1.02. The summed E-state index contributed by atoms with van der Waals surface area (Å²) in [5, 5.41) is 0. The van der Waals surface area contributed by atoms with Crippen LogP contribution in [0.1, 0.15) is 20.8 Å². The van der Waals surface area contributed by atoms with Gasteiger partial charge in [-0.2, -0.15) is 0 Å². The third-order valence-electron chi connectivity index (χ3n) is 1.48. The molecule has 1 heterocycles. The number of hydrogen-bond acceptors (Lipinski definition) is 2. The van der Waals surface area contributed by atoms with Crippen LogP contribution >= 0.6 is 0 Å². The zero-order chi connectivity index (χ0) is 9.40. The highest BCUT2D eigenvalue weighted by Crippen LogP contribution is 2.08. The van der Waals surface area contributed by atoms with Gasteiger partial charge in [-0.15, -0.1) is 0 Å². The SMILES string of the molecule is C=C/C=C1/NNC/C1=C/C.CC. The van der Waals surface area contributed by atoms with Gasteiger partial charge in [-0.1, -0.05) is 32.6 Å². The van der Waals surface area contributed by atoms with Crippen molar-refractivity contribution in [1.29, 1.82) is 0 Å². The smallest absolute Gasteiger partial charge is 0.0529 e. The minimum Gasteiger partial charge on any atom is -0.321 e. The van der Waals surface area contributed by atoms with Crippen LogP contribution in [-0.4, -0.2) is 6.54 Å². The van der Waals surface area contributed by atoms with Crippen molar-refractivity contribution in [2.45, 2.75) is 20.8 Å². The van der Waals surface area contributed by atoms with Crippen molar-refractivity contribution in [2.75, 3.05) is 6.54 Å². The van der Waals surface area contributed by atoms with E-state index in [1.54, 1.807) is 6.08 Å². The fourth-order valence-electron chi connectivity index (χ4n) is 0.934. The summed E-state index contributed by atoms with van der Waals surface area (Å²) in [5.74, 6) is 0. The number of allylic oxidation sites excluding steroid dienone is 3. The highest BCUT2D eigenvalue weighted by Gasteiger charge is 2.08. The van der Waals surface area contributed by atoms with Crippen molar-refractivity contribution < 1.29 is 0 Å². The Balaban J connectivity index is 0.000000561. The molecule has 1 saturated heterocycles. The van der Waals surface area contributed by atoms with E-state index in [2.05, 4.69) is 23.5 Å². The van der Waals surface area contributed by atoms with Gasteiger partial charge in [-0.05, 0) is 18.6 Å². The molecule has 1 rings (SSSR count). The van der Waals surface area contributed by atoms with Crippen LogP contribution in [0.4, 0.5) is 0 Å². The van der Waals surface area contributed by atoms with Crippen LogP contribution in [0.25, 0.3) is 0 Å². The molecule has 0 amide bonds. The predicted octanol–water partition coefficient (Wildman–Crippen LogP) is 2.14. The summed E-state index contributed by atoms with van der Waals surface area (Å²) in [6.45, 7) is 10.5. The number of hydrogen-bond donors (Lipinski definition) is 2. The summed E-state index contributed by atoms with van der Waals surface area (Å²) >= 11 is 0. The fraction of sp³-hybridized carbons (Fsp3) is 0.400. The Kier molecular flexibility index (Phi) is 6.11. The summed E-state index contributed by atoms with van der Waals surface area (Å²) < 4.78 is 0. The fourth-order valence-corrected chi connectivity index (χ4v) is 0.934. The van der Waals surface area contributed by atoms with E-state index in [0.29, 0.717) is 0 Å². The lowest BCUT2D eigenvalue weighted by Crippen LogP contribution is -2.20. The molecule has 1 fully saturated rings. The van der Waals surface area contributed by atoms with Gasteiger partial charge in [-0.25, -0.2) is 5.43 Å². The summed E-state index contributed by atoms with van der Waals surface area (Å²) in [6.07, 6.45) is 5.82. The van der Waals surface area contributed by atoms with Crippen molar-refractivity contribution in [2.24, 2.45) is 0 Å². The summed E-state index contributed by atoms with van der Waals surface area (Å²) in [5.41, 5.74) is 8.47. The first-order chi connectivity index (χ1) is 5.88. The molecular formula is C10H18N2. The summed E-state index contributed by atoms with van der Waals surface area (Å²) in [7, 11) is 0. The van der Waals surface area contributed by atoms with E-state index in [1.165, 1.54) is 5.57 Å². The molecule has 2 N–H and O–H groups in total. The van der Waals surface area contributed by atoms with Gasteiger partial charge >= 0.3 is 0 Å². The van der Waals surface area contributed by atoms with E-state index in [0.717, 1.165) is 12.2 Å². The molecule has 0 aliphatic carbocycles. The second kappa shape index (κ2) is 6.68. The van der Waals surface area contributed by atoms with Crippen molar-refractivity contribution >= 4 is 0 Å². The molecule has 0 unspecified atom stereocenters. The van der Waals surface area contributed by atoms with Gasteiger partial charge in [0.05, 0.1) is 5.70 Å². The van der Waals surface area contributed by atoms with Crippen LogP contribution in [0, 0.1) is 0 Å². The van der Waals surface area contributed by atoms with Gasteiger partial charge in [0.25, 0.3) is 0 Å². The second-order valence-corrected chi connectivity index (χ2v) is 2.11. The Morgan fingerprint density at radius 2 is 2.08 bits per heavy atom. The Morgan fingerprint density at radius 1 is 1.42 bits per heavy atom. The molecule has 0 bridgehead atoms. The first-order valence-electron chi connectivity index (χ1n) is 4.35. The summed E-state index contributed by atoms with van der Waals surface area (Å²) in [6, 6.07) is 0. The van der Waals surface area contributed by atoms with Crippen LogP contribution in [0.15, 0.2) is 36.1 Å². The molecule has 0 radical (unpaired) electrons. The molecule has 0 aromatic rings. The van der Waals surface area contributed by atoms with E-state index < -0.39 is 0 Å². The molecule has 68 valence electrons. The van der Waals surface area contributed by atoms with Crippen LogP contribution in [-0.2, 0) is 0 Å². The largest absolute Gasteiger partial charge is 0.321 e. The second-order valence-electron chi connectivity index (χ2n) is 2.11. The lowest BCUT2D eigenvalue weighted by Gasteiger charge is -1.95. The van der Waals surface area contributed by atoms with E-state index >= 15 is 0 Å². The molecule has 2 nitrogen and oxygen atoms in total. The number of hydrazine groups is 1. The highest BCUT2D eigenvalue weighted by molar-refractivity contribution is 5.35. The van der Waals surface area contributed by atoms with Gasteiger partial charge in [0, 0.05) is 6.54 Å². The molecule has 12 heavy (non-hydrogen) atoms. The van der Waals surface area contributed by atoms with E-state index in [4.69, 9.17) is 0 Å². The quantitative estimate of drug-likeness (QED) is 0.623. The molecule has 0 aromatic heterocycles. The minimum atomic E-state index is 0.899. The Bertz CT molecular complexity index is 190. The van der Waals surface area contributed by atoms with E-state index in [1.807, 2.05) is 26.8 Å². The average molecular weight is 166 g/mol. The van der Waals surface area contributed by atoms with Gasteiger partial charge in [0.1, 0.15) is 0 Å². The molecule has 2 heteroatoms. The Labute approximate surface area is 75.0 Å². The zero-order valence-corrected chi connectivity index (χ0v) is 8.15. The highest BCUT2D eigenvalue weighted by atomic mass is 15.4. The van der Waals surface area contributed by atoms with Crippen LogP contribution in [0.5, 0.6) is 0 Å². The molecule has 0 saturated carbocycles. The number of nitrogens with one attached hydrogen (secondary N) is 2. The van der Waals surface area contributed by atoms with Gasteiger partial charge in [0.2, 0.25) is 0 Å². The molecule has 0 aromatic carbocycles. The Morgan fingerprint density at radius 3 is 2.58 bits per heavy atom. The normalized spacial score (nSPS) is 21.6.